The molecular weight excluding hydrogens is 358 g/mol. The highest BCUT2D eigenvalue weighted by atomic mass is 79.9. The minimum absolute atomic E-state index is 0.126. The van der Waals surface area contributed by atoms with Crippen molar-refractivity contribution in [1.82, 2.24) is 0 Å². The van der Waals surface area contributed by atoms with E-state index >= 15 is 0 Å². The summed E-state index contributed by atoms with van der Waals surface area (Å²) in [5.74, 6) is -0.246. The highest BCUT2D eigenvalue weighted by Gasteiger charge is 2.07. The van der Waals surface area contributed by atoms with E-state index in [0.717, 1.165) is 11.1 Å². The van der Waals surface area contributed by atoms with E-state index in [1.807, 2.05) is 60.7 Å². The molecule has 1 unspecified atom stereocenters. The molecule has 4 nitrogen and oxygen atoms in total. The summed E-state index contributed by atoms with van der Waals surface area (Å²) in [6.45, 7) is 1.90. The molecule has 0 saturated carbocycles. The number of nitrogens with two attached hydrogens (primary N) is 1. The van der Waals surface area contributed by atoms with Crippen LogP contribution < -0.4 is 5.73 Å². The van der Waals surface area contributed by atoms with Gasteiger partial charge in [0.2, 0.25) is 0 Å². The van der Waals surface area contributed by atoms with Crippen molar-refractivity contribution in [3.05, 3.63) is 71.8 Å². The molecule has 0 bridgehead atoms. The summed E-state index contributed by atoms with van der Waals surface area (Å²) in [6.07, 6.45) is 0. The van der Waals surface area contributed by atoms with Gasteiger partial charge >= 0.3 is 5.97 Å². The molecule has 0 aliphatic rings. The summed E-state index contributed by atoms with van der Waals surface area (Å²) < 4.78 is 4.93. The summed E-state index contributed by atoms with van der Waals surface area (Å²) in [7, 11) is 0. The minimum Gasteiger partial charge on any atom is -0.460 e. The van der Waals surface area contributed by atoms with E-state index in [2.05, 4.69) is 15.9 Å². The first kappa shape index (κ1) is 19.1. The Bertz CT molecular complexity index is 600. The summed E-state index contributed by atoms with van der Waals surface area (Å²) in [5.41, 5.74) is 7.06. The van der Waals surface area contributed by atoms with Crippen molar-refractivity contribution in [3.8, 4) is 0 Å². The maximum atomic E-state index is 11.0. The SMILES string of the molecule is CC(N)C(=O)OCc1ccccc1.O=C(CBr)c1ccccc1. The Hall–Kier alpha value is -1.98. The smallest absolute Gasteiger partial charge is 0.322 e. The van der Waals surface area contributed by atoms with Gasteiger partial charge < -0.3 is 10.5 Å². The molecule has 0 heterocycles. The Morgan fingerprint density at radius 3 is 2.04 bits per heavy atom. The van der Waals surface area contributed by atoms with E-state index < -0.39 is 6.04 Å². The largest absolute Gasteiger partial charge is 0.460 e. The van der Waals surface area contributed by atoms with Crippen LogP contribution in [0.4, 0.5) is 0 Å². The fraction of sp³-hybridized carbons (Fsp3) is 0.222. The van der Waals surface area contributed by atoms with Crippen LogP contribution in [0.3, 0.4) is 0 Å². The average Bonchev–Trinajstić information content (AvgIpc) is 2.61. The van der Waals surface area contributed by atoms with Gasteiger partial charge in [0.15, 0.2) is 5.78 Å². The molecule has 0 aliphatic carbocycles. The molecule has 2 N–H and O–H groups in total. The quantitative estimate of drug-likeness (QED) is 0.492. The van der Waals surface area contributed by atoms with Crippen molar-refractivity contribution in [3.63, 3.8) is 0 Å². The van der Waals surface area contributed by atoms with Crippen LogP contribution in [0.2, 0.25) is 0 Å². The summed E-state index contributed by atoms with van der Waals surface area (Å²) in [6, 6.07) is 18.2. The Kier molecular flexibility index (Phi) is 8.87. The first-order chi connectivity index (χ1) is 11.0. The van der Waals surface area contributed by atoms with Crippen molar-refractivity contribution in [2.45, 2.75) is 19.6 Å². The van der Waals surface area contributed by atoms with Crippen LogP contribution >= 0.6 is 15.9 Å². The normalized spacial score (nSPS) is 10.9. The Morgan fingerprint density at radius 1 is 1.04 bits per heavy atom. The number of Topliss-reactive ketones (excluding diaryl/α,β-unsaturated/α-hetero) is 1. The van der Waals surface area contributed by atoms with Gasteiger partial charge in [0.25, 0.3) is 0 Å². The van der Waals surface area contributed by atoms with Crippen LogP contribution in [0.15, 0.2) is 60.7 Å². The number of rotatable bonds is 5. The van der Waals surface area contributed by atoms with Gasteiger partial charge in [-0.05, 0) is 12.5 Å². The molecule has 5 heteroatoms. The van der Waals surface area contributed by atoms with E-state index in [9.17, 15) is 9.59 Å². The topological polar surface area (TPSA) is 69.4 Å². The van der Waals surface area contributed by atoms with Crippen LogP contribution in [0, 0.1) is 0 Å². The molecular formula is C18H20BrNO3. The molecule has 0 saturated heterocycles. The predicted octanol–water partition coefficient (Wildman–Crippen LogP) is 3.34. The van der Waals surface area contributed by atoms with Gasteiger partial charge in [-0.25, -0.2) is 0 Å². The highest BCUT2D eigenvalue weighted by molar-refractivity contribution is 9.09. The van der Waals surface area contributed by atoms with Crippen LogP contribution in [-0.4, -0.2) is 23.1 Å². The average molecular weight is 378 g/mol. The van der Waals surface area contributed by atoms with Gasteiger partial charge in [0, 0.05) is 5.56 Å². The van der Waals surface area contributed by atoms with Crippen molar-refractivity contribution in [2.24, 2.45) is 5.73 Å². The van der Waals surface area contributed by atoms with Gasteiger partial charge in [0.05, 0.1) is 5.33 Å². The highest BCUT2D eigenvalue weighted by Crippen LogP contribution is 2.01. The molecule has 1 atom stereocenters. The monoisotopic (exact) mass is 377 g/mol. The molecule has 0 aliphatic heterocycles. The standard InChI is InChI=1S/C10H13NO2.C8H7BrO/c1-8(11)10(12)13-7-9-5-3-2-4-6-9;9-6-8(10)7-4-2-1-3-5-7/h2-6,8H,7,11H2,1H3;1-5H,6H2. The Balaban J connectivity index is 0.000000238. The van der Waals surface area contributed by atoms with Gasteiger partial charge in [-0.15, -0.1) is 0 Å². The molecule has 2 aromatic rings. The summed E-state index contributed by atoms with van der Waals surface area (Å²) in [5, 5.41) is 0.400. The minimum atomic E-state index is -0.552. The third kappa shape index (κ3) is 7.72. The summed E-state index contributed by atoms with van der Waals surface area (Å²) in [4.78, 5) is 21.9. The lowest BCUT2D eigenvalue weighted by Crippen LogP contribution is -2.28. The first-order valence-corrected chi connectivity index (χ1v) is 8.27. The molecule has 23 heavy (non-hydrogen) atoms. The van der Waals surface area contributed by atoms with Crippen LogP contribution in [0.5, 0.6) is 0 Å². The second kappa shape index (κ2) is 10.7. The molecule has 2 rings (SSSR count). The number of hydrogen-bond donors (Lipinski definition) is 1. The fourth-order valence-corrected chi connectivity index (χ4v) is 1.89. The van der Waals surface area contributed by atoms with E-state index in [1.54, 1.807) is 6.92 Å². The van der Waals surface area contributed by atoms with Crippen molar-refractivity contribution < 1.29 is 14.3 Å². The Labute approximate surface area is 144 Å². The van der Waals surface area contributed by atoms with Crippen LogP contribution in [0.1, 0.15) is 22.8 Å². The predicted molar refractivity (Wildman–Crippen MR) is 94.5 cm³/mol. The number of esters is 1. The molecule has 0 spiro atoms. The second-order valence-corrected chi connectivity index (χ2v) is 5.37. The van der Waals surface area contributed by atoms with Gasteiger partial charge in [-0.3, -0.25) is 9.59 Å². The third-order valence-corrected chi connectivity index (χ3v) is 3.32. The Morgan fingerprint density at radius 2 is 1.57 bits per heavy atom. The number of carbonyl (C=O) groups excluding carboxylic acids is 2. The first-order valence-electron chi connectivity index (χ1n) is 7.15. The van der Waals surface area contributed by atoms with Crippen molar-refractivity contribution >= 4 is 27.7 Å². The number of carbonyl (C=O) groups is 2. The van der Waals surface area contributed by atoms with E-state index in [-0.39, 0.29) is 11.8 Å². The molecule has 0 fully saturated rings. The van der Waals surface area contributed by atoms with Crippen molar-refractivity contribution in [2.75, 3.05) is 5.33 Å². The number of alkyl halides is 1. The maximum Gasteiger partial charge on any atom is 0.322 e. The number of benzene rings is 2. The molecule has 122 valence electrons. The van der Waals surface area contributed by atoms with Gasteiger partial charge in [-0.2, -0.15) is 0 Å². The van der Waals surface area contributed by atoms with Gasteiger partial charge in [-0.1, -0.05) is 76.6 Å². The lowest BCUT2D eigenvalue weighted by atomic mass is 10.2. The van der Waals surface area contributed by atoms with Crippen LogP contribution in [0.25, 0.3) is 0 Å². The number of halogens is 1. The van der Waals surface area contributed by atoms with E-state index in [0.29, 0.717) is 11.9 Å². The van der Waals surface area contributed by atoms with Crippen LogP contribution in [-0.2, 0) is 16.1 Å². The lowest BCUT2D eigenvalue weighted by molar-refractivity contribution is -0.146. The molecule has 0 amide bonds. The zero-order valence-corrected chi connectivity index (χ0v) is 14.5. The zero-order valence-electron chi connectivity index (χ0n) is 12.9. The van der Waals surface area contributed by atoms with Crippen molar-refractivity contribution in [1.29, 1.82) is 0 Å². The van der Waals surface area contributed by atoms with E-state index in [4.69, 9.17) is 10.5 Å². The maximum absolute atomic E-state index is 11.0. The second-order valence-electron chi connectivity index (χ2n) is 4.80. The third-order valence-electron chi connectivity index (χ3n) is 2.81. The fourth-order valence-electron chi connectivity index (χ4n) is 1.56. The summed E-state index contributed by atoms with van der Waals surface area (Å²) >= 11 is 3.10. The van der Waals surface area contributed by atoms with E-state index in [1.165, 1.54) is 0 Å². The van der Waals surface area contributed by atoms with Gasteiger partial charge in [0.1, 0.15) is 12.6 Å². The molecule has 2 aromatic carbocycles. The number of ether oxygens (including phenoxy) is 1. The lowest BCUT2D eigenvalue weighted by Gasteiger charge is -2.06. The molecule has 0 aromatic heterocycles. The zero-order chi connectivity index (χ0) is 17.1. The molecule has 0 radical (unpaired) electrons. The number of ketones is 1. The number of hydrogen-bond acceptors (Lipinski definition) is 4.